The van der Waals surface area contributed by atoms with Gasteiger partial charge in [0.15, 0.2) is 0 Å². The Morgan fingerprint density at radius 1 is 1.17 bits per heavy atom. The average Bonchev–Trinajstić information content (AvgIpc) is 2.58. The molecule has 0 aliphatic rings. The number of hydrogen-bond acceptors (Lipinski definition) is 3. The molecule has 2 aromatic carbocycles. The zero-order valence-electron chi connectivity index (χ0n) is 13.0. The van der Waals surface area contributed by atoms with Crippen LogP contribution in [0, 0.1) is 0 Å². The number of alkyl carbamates (subject to hydrolysis) is 1. The van der Waals surface area contributed by atoms with E-state index >= 15 is 0 Å². The van der Waals surface area contributed by atoms with Crippen molar-refractivity contribution in [2.24, 2.45) is 0 Å². The second-order valence-electron chi connectivity index (χ2n) is 5.04. The van der Waals surface area contributed by atoms with Crippen LogP contribution < -0.4 is 10.1 Å². The molecule has 23 heavy (non-hydrogen) atoms. The first-order valence-electron chi connectivity index (χ1n) is 7.54. The standard InChI is InChI=1S/C18H20BrNO3/c1-2-16(13-22-17-10-6-9-15(19)11-17)23-18(21)20-12-14-7-4-3-5-8-14/h3-11,16H,2,12-13H2,1H3,(H,20,21). The number of halogens is 1. The molecular weight excluding hydrogens is 358 g/mol. The Labute approximate surface area is 144 Å². The van der Waals surface area contributed by atoms with Crippen molar-refractivity contribution in [3.63, 3.8) is 0 Å². The predicted molar refractivity (Wildman–Crippen MR) is 93.5 cm³/mol. The SMILES string of the molecule is CCC(COc1cccc(Br)c1)OC(=O)NCc1ccccc1. The van der Waals surface area contributed by atoms with Crippen LogP contribution in [-0.2, 0) is 11.3 Å². The number of carbonyl (C=O) groups is 1. The van der Waals surface area contributed by atoms with Crippen LogP contribution in [-0.4, -0.2) is 18.8 Å². The number of hydrogen-bond donors (Lipinski definition) is 1. The topological polar surface area (TPSA) is 47.6 Å². The molecule has 0 spiro atoms. The van der Waals surface area contributed by atoms with Crippen molar-refractivity contribution in [2.75, 3.05) is 6.61 Å². The van der Waals surface area contributed by atoms with Gasteiger partial charge in [0.25, 0.3) is 0 Å². The molecule has 0 saturated carbocycles. The van der Waals surface area contributed by atoms with Gasteiger partial charge in [-0.25, -0.2) is 4.79 Å². The van der Waals surface area contributed by atoms with E-state index in [1.165, 1.54) is 0 Å². The first kappa shape index (κ1) is 17.3. The van der Waals surface area contributed by atoms with Gasteiger partial charge in [0.05, 0.1) is 0 Å². The fraction of sp³-hybridized carbons (Fsp3) is 0.278. The Morgan fingerprint density at radius 2 is 1.96 bits per heavy atom. The van der Waals surface area contributed by atoms with E-state index in [0.717, 1.165) is 15.8 Å². The van der Waals surface area contributed by atoms with Crippen LogP contribution in [0.1, 0.15) is 18.9 Å². The maximum absolute atomic E-state index is 11.9. The molecule has 0 bridgehead atoms. The van der Waals surface area contributed by atoms with Gasteiger partial charge in [0.2, 0.25) is 0 Å². The van der Waals surface area contributed by atoms with Crippen molar-refractivity contribution in [1.29, 1.82) is 0 Å². The molecule has 1 amide bonds. The first-order chi connectivity index (χ1) is 11.2. The van der Waals surface area contributed by atoms with E-state index < -0.39 is 6.09 Å². The van der Waals surface area contributed by atoms with E-state index in [1.807, 2.05) is 61.5 Å². The summed E-state index contributed by atoms with van der Waals surface area (Å²) < 4.78 is 12.0. The lowest BCUT2D eigenvalue weighted by molar-refractivity contribution is 0.0626. The van der Waals surface area contributed by atoms with E-state index in [2.05, 4.69) is 21.2 Å². The molecule has 0 fully saturated rings. The summed E-state index contributed by atoms with van der Waals surface area (Å²) in [5.74, 6) is 0.742. The van der Waals surface area contributed by atoms with E-state index in [4.69, 9.17) is 9.47 Å². The smallest absolute Gasteiger partial charge is 0.407 e. The predicted octanol–water partition coefficient (Wildman–Crippen LogP) is 4.53. The van der Waals surface area contributed by atoms with Gasteiger partial charge in [0, 0.05) is 11.0 Å². The lowest BCUT2D eigenvalue weighted by atomic mass is 10.2. The highest BCUT2D eigenvalue weighted by Crippen LogP contribution is 2.18. The van der Waals surface area contributed by atoms with E-state index in [0.29, 0.717) is 19.6 Å². The van der Waals surface area contributed by atoms with Crippen LogP contribution in [0.15, 0.2) is 59.1 Å². The Hall–Kier alpha value is -2.01. The van der Waals surface area contributed by atoms with Gasteiger partial charge in [-0.3, -0.25) is 0 Å². The third kappa shape index (κ3) is 6.32. The summed E-state index contributed by atoms with van der Waals surface area (Å²) in [6.45, 7) is 2.73. The Morgan fingerprint density at radius 3 is 2.65 bits per heavy atom. The summed E-state index contributed by atoms with van der Waals surface area (Å²) in [4.78, 5) is 11.9. The minimum Gasteiger partial charge on any atom is -0.490 e. The Kier molecular flexibility index (Phi) is 6.94. The maximum atomic E-state index is 11.9. The summed E-state index contributed by atoms with van der Waals surface area (Å²) in [7, 11) is 0. The highest BCUT2D eigenvalue weighted by Gasteiger charge is 2.13. The van der Waals surface area contributed by atoms with Gasteiger partial charge in [-0.15, -0.1) is 0 Å². The lowest BCUT2D eigenvalue weighted by Crippen LogP contribution is -2.31. The van der Waals surface area contributed by atoms with Crippen LogP contribution in [0.4, 0.5) is 4.79 Å². The monoisotopic (exact) mass is 377 g/mol. The first-order valence-corrected chi connectivity index (χ1v) is 8.33. The molecular formula is C18H20BrNO3. The quantitative estimate of drug-likeness (QED) is 0.770. The number of nitrogens with one attached hydrogen (secondary N) is 1. The molecule has 0 heterocycles. The number of carbonyl (C=O) groups excluding carboxylic acids is 1. The van der Waals surface area contributed by atoms with Crippen LogP contribution in [0.2, 0.25) is 0 Å². The van der Waals surface area contributed by atoms with Crippen molar-refractivity contribution in [3.05, 3.63) is 64.6 Å². The van der Waals surface area contributed by atoms with Crippen molar-refractivity contribution in [2.45, 2.75) is 26.0 Å². The number of rotatable bonds is 7. The summed E-state index contributed by atoms with van der Waals surface area (Å²) >= 11 is 3.39. The molecule has 4 nitrogen and oxygen atoms in total. The summed E-state index contributed by atoms with van der Waals surface area (Å²) in [6.07, 6.45) is -0.0319. The fourth-order valence-electron chi connectivity index (χ4n) is 1.94. The average molecular weight is 378 g/mol. The number of amides is 1. The zero-order chi connectivity index (χ0) is 16.5. The van der Waals surface area contributed by atoms with E-state index in [-0.39, 0.29) is 6.10 Å². The molecule has 2 aromatic rings. The normalized spacial score (nSPS) is 11.6. The number of ether oxygens (including phenoxy) is 2. The van der Waals surface area contributed by atoms with Crippen molar-refractivity contribution in [1.82, 2.24) is 5.32 Å². The minimum atomic E-state index is -0.432. The molecule has 122 valence electrons. The van der Waals surface area contributed by atoms with Gasteiger partial charge in [-0.1, -0.05) is 59.3 Å². The summed E-state index contributed by atoms with van der Waals surface area (Å²) in [5, 5.41) is 2.75. The molecule has 1 atom stereocenters. The van der Waals surface area contributed by atoms with Crippen LogP contribution in [0.25, 0.3) is 0 Å². The van der Waals surface area contributed by atoms with Gasteiger partial charge < -0.3 is 14.8 Å². The summed E-state index contributed by atoms with van der Waals surface area (Å²) in [5.41, 5.74) is 1.03. The molecule has 0 aliphatic carbocycles. The zero-order valence-corrected chi connectivity index (χ0v) is 14.6. The van der Waals surface area contributed by atoms with Crippen molar-refractivity contribution in [3.8, 4) is 5.75 Å². The van der Waals surface area contributed by atoms with Crippen molar-refractivity contribution < 1.29 is 14.3 Å². The fourth-order valence-corrected chi connectivity index (χ4v) is 2.32. The van der Waals surface area contributed by atoms with Crippen molar-refractivity contribution >= 4 is 22.0 Å². The van der Waals surface area contributed by atoms with Crippen LogP contribution >= 0.6 is 15.9 Å². The molecule has 0 aromatic heterocycles. The summed E-state index contributed by atoms with van der Waals surface area (Å²) in [6, 6.07) is 17.3. The molecule has 5 heteroatoms. The van der Waals surface area contributed by atoms with Gasteiger partial charge in [0.1, 0.15) is 18.5 Å². The molecule has 0 aliphatic heterocycles. The molecule has 1 N–H and O–H groups in total. The van der Waals surface area contributed by atoms with Crippen LogP contribution in [0.3, 0.4) is 0 Å². The maximum Gasteiger partial charge on any atom is 0.407 e. The molecule has 0 radical (unpaired) electrons. The third-order valence-corrected chi connectivity index (χ3v) is 3.73. The molecule has 0 saturated heterocycles. The van der Waals surface area contributed by atoms with Gasteiger partial charge in [-0.2, -0.15) is 0 Å². The number of benzene rings is 2. The third-order valence-electron chi connectivity index (χ3n) is 3.24. The lowest BCUT2D eigenvalue weighted by Gasteiger charge is -2.17. The second-order valence-corrected chi connectivity index (χ2v) is 5.96. The molecule has 2 rings (SSSR count). The van der Waals surface area contributed by atoms with E-state index in [1.54, 1.807) is 0 Å². The Balaban J connectivity index is 1.76. The highest BCUT2D eigenvalue weighted by atomic mass is 79.9. The second kappa shape index (κ2) is 9.20. The minimum absolute atomic E-state index is 0.287. The largest absolute Gasteiger partial charge is 0.490 e. The molecule has 1 unspecified atom stereocenters. The highest BCUT2D eigenvalue weighted by molar-refractivity contribution is 9.10. The Bertz CT molecular complexity index is 619. The van der Waals surface area contributed by atoms with Gasteiger partial charge in [-0.05, 0) is 30.2 Å². The van der Waals surface area contributed by atoms with Crippen LogP contribution in [0.5, 0.6) is 5.75 Å². The van der Waals surface area contributed by atoms with Gasteiger partial charge >= 0.3 is 6.09 Å². The van der Waals surface area contributed by atoms with E-state index in [9.17, 15) is 4.79 Å².